The molecule has 9 heteroatoms. The van der Waals surface area contributed by atoms with E-state index in [9.17, 15) is 19.7 Å². The van der Waals surface area contributed by atoms with Gasteiger partial charge in [-0.2, -0.15) is 0 Å². The molecule has 0 fully saturated rings. The number of nitro benzene ring substituents is 1. The largest absolute Gasteiger partial charge is 0.480 e. The fraction of sp³-hybridized carbons (Fsp3) is 0.273. The molecule has 1 aromatic carbocycles. The molecule has 0 aromatic heterocycles. The molecule has 0 unspecified atom stereocenters. The summed E-state index contributed by atoms with van der Waals surface area (Å²) in [4.78, 5) is 32.2. The van der Waals surface area contributed by atoms with E-state index >= 15 is 0 Å². The summed E-state index contributed by atoms with van der Waals surface area (Å²) in [5.74, 6) is -1.55. The highest BCUT2D eigenvalue weighted by Gasteiger charge is 2.16. The van der Waals surface area contributed by atoms with Crippen molar-refractivity contribution in [3.63, 3.8) is 0 Å². The van der Waals surface area contributed by atoms with Crippen molar-refractivity contribution in [3.8, 4) is 0 Å². The molecule has 0 heterocycles. The number of hydrogen-bond acceptors (Lipinski definition) is 6. The Morgan fingerprint density at radius 3 is 2.70 bits per heavy atom. The van der Waals surface area contributed by atoms with Gasteiger partial charge in [-0.15, -0.1) is 11.8 Å². The van der Waals surface area contributed by atoms with Crippen LogP contribution in [0.2, 0.25) is 0 Å². The van der Waals surface area contributed by atoms with E-state index in [0.29, 0.717) is 0 Å². The van der Waals surface area contributed by atoms with Crippen molar-refractivity contribution in [2.45, 2.75) is 6.04 Å². The number of nitrogens with two attached hydrogens (primary N) is 1. The van der Waals surface area contributed by atoms with Crippen molar-refractivity contribution in [2.75, 3.05) is 16.8 Å². The maximum Gasteiger partial charge on any atom is 0.321 e. The predicted octanol–water partition coefficient (Wildman–Crippen LogP) is 0.678. The zero-order valence-corrected chi connectivity index (χ0v) is 11.1. The van der Waals surface area contributed by atoms with Gasteiger partial charge in [0.05, 0.1) is 10.7 Å². The lowest BCUT2D eigenvalue weighted by atomic mass is 10.2. The van der Waals surface area contributed by atoms with Crippen molar-refractivity contribution in [1.82, 2.24) is 0 Å². The fourth-order valence-corrected chi connectivity index (χ4v) is 2.05. The van der Waals surface area contributed by atoms with Crippen LogP contribution in [-0.4, -0.2) is 39.5 Å². The van der Waals surface area contributed by atoms with Crippen LogP contribution >= 0.6 is 11.8 Å². The van der Waals surface area contributed by atoms with E-state index in [1.54, 1.807) is 6.07 Å². The Kier molecular flexibility index (Phi) is 5.94. The third kappa shape index (κ3) is 4.86. The zero-order valence-electron chi connectivity index (χ0n) is 10.3. The van der Waals surface area contributed by atoms with E-state index in [-0.39, 0.29) is 22.9 Å². The number of anilines is 1. The van der Waals surface area contributed by atoms with E-state index in [1.807, 2.05) is 0 Å². The molecule has 0 aliphatic carbocycles. The minimum Gasteiger partial charge on any atom is -0.480 e. The van der Waals surface area contributed by atoms with Gasteiger partial charge in [-0.25, -0.2) is 0 Å². The fourth-order valence-electron chi connectivity index (χ4n) is 1.27. The number of carbonyl (C=O) groups excluding carboxylic acids is 1. The Bertz CT molecular complexity index is 523. The van der Waals surface area contributed by atoms with Crippen LogP contribution in [0.25, 0.3) is 0 Å². The summed E-state index contributed by atoms with van der Waals surface area (Å²) in [5.41, 5.74) is 5.18. The topological polar surface area (TPSA) is 136 Å². The number of rotatable bonds is 7. The molecule has 1 aromatic rings. The van der Waals surface area contributed by atoms with Gasteiger partial charge < -0.3 is 16.2 Å². The number of benzene rings is 1. The average molecular weight is 299 g/mol. The number of carbonyl (C=O) groups is 2. The second-order valence-electron chi connectivity index (χ2n) is 3.78. The Morgan fingerprint density at radius 2 is 2.10 bits per heavy atom. The van der Waals surface area contributed by atoms with Crippen LogP contribution < -0.4 is 11.1 Å². The maximum atomic E-state index is 11.6. The highest BCUT2D eigenvalue weighted by atomic mass is 32.2. The zero-order chi connectivity index (χ0) is 15.1. The highest BCUT2D eigenvalue weighted by Crippen LogP contribution is 2.23. The number of aliphatic carboxylic acids is 1. The van der Waals surface area contributed by atoms with Gasteiger partial charge in [0.1, 0.15) is 11.7 Å². The van der Waals surface area contributed by atoms with Gasteiger partial charge in [-0.05, 0) is 6.07 Å². The van der Waals surface area contributed by atoms with Gasteiger partial charge in [0.15, 0.2) is 0 Å². The SMILES string of the molecule is N[C@@H](CSCC(=O)Nc1ccccc1[N+](=O)[O-])C(=O)O. The molecule has 108 valence electrons. The summed E-state index contributed by atoms with van der Waals surface area (Å²) in [6.45, 7) is 0. The first kappa shape index (κ1) is 15.9. The van der Waals surface area contributed by atoms with Crippen LogP contribution in [0.1, 0.15) is 0 Å². The number of para-hydroxylation sites is 2. The summed E-state index contributed by atoms with van der Waals surface area (Å²) in [6, 6.07) is 4.72. The van der Waals surface area contributed by atoms with Gasteiger partial charge in [0.2, 0.25) is 5.91 Å². The molecule has 1 amide bonds. The number of carboxylic acid groups (broad SMARTS) is 1. The molecule has 20 heavy (non-hydrogen) atoms. The number of nitrogens with zero attached hydrogens (tertiary/aromatic N) is 1. The second kappa shape index (κ2) is 7.46. The second-order valence-corrected chi connectivity index (χ2v) is 4.81. The van der Waals surface area contributed by atoms with Crippen molar-refractivity contribution >= 4 is 35.0 Å². The Balaban J connectivity index is 2.51. The highest BCUT2D eigenvalue weighted by molar-refractivity contribution is 8.00. The Hall–Kier alpha value is -2.13. The van der Waals surface area contributed by atoms with E-state index in [1.165, 1.54) is 18.2 Å². The number of carboxylic acids is 1. The standard InChI is InChI=1S/C11H13N3O5S/c12-7(11(16)17)5-20-6-10(15)13-8-3-1-2-4-9(8)14(18)19/h1-4,7H,5-6,12H2,(H,13,15)(H,16,17)/t7-/m0/s1. The monoisotopic (exact) mass is 299 g/mol. The summed E-state index contributed by atoms with van der Waals surface area (Å²) >= 11 is 1.04. The quantitative estimate of drug-likeness (QED) is 0.497. The normalized spacial score (nSPS) is 11.7. The average Bonchev–Trinajstić information content (AvgIpc) is 2.38. The molecular weight excluding hydrogens is 286 g/mol. The Labute approximate surface area is 118 Å². The van der Waals surface area contributed by atoms with E-state index in [0.717, 1.165) is 11.8 Å². The summed E-state index contributed by atoms with van der Waals surface area (Å²) in [6.07, 6.45) is 0. The van der Waals surface area contributed by atoms with Crippen molar-refractivity contribution in [2.24, 2.45) is 5.73 Å². The first-order chi connectivity index (χ1) is 9.41. The van der Waals surface area contributed by atoms with E-state index < -0.39 is 22.8 Å². The van der Waals surface area contributed by atoms with Crippen LogP contribution in [0.15, 0.2) is 24.3 Å². The van der Waals surface area contributed by atoms with Crippen LogP contribution in [0.3, 0.4) is 0 Å². The number of amides is 1. The first-order valence-electron chi connectivity index (χ1n) is 5.51. The molecule has 0 spiro atoms. The first-order valence-corrected chi connectivity index (χ1v) is 6.66. The lowest BCUT2D eigenvalue weighted by Crippen LogP contribution is -2.33. The van der Waals surface area contributed by atoms with Crippen LogP contribution in [0, 0.1) is 10.1 Å². The molecule has 8 nitrogen and oxygen atoms in total. The van der Waals surface area contributed by atoms with Crippen molar-refractivity contribution in [3.05, 3.63) is 34.4 Å². The van der Waals surface area contributed by atoms with Gasteiger partial charge >= 0.3 is 5.97 Å². The van der Waals surface area contributed by atoms with Crippen molar-refractivity contribution < 1.29 is 19.6 Å². The predicted molar refractivity (Wildman–Crippen MR) is 74.7 cm³/mol. The lowest BCUT2D eigenvalue weighted by Gasteiger charge is -2.07. The molecule has 1 rings (SSSR count). The number of nitro groups is 1. The molecule has 1 atom stereocenters. The van der Waals surface area contributed by atoms with E-state index in [4.69, 9.17) is 10.8 Å². The van der Waals surface area contributed by atoms with Crippen LogP contribution in [-0.2, 0) is 9.59 Å². The van der Waals surface area contributed by atoms with Gasteiger partial charge in [0.25, 0.3) is 5.69 Å². The summed E-state index contributed by atoms with van der Waals surface area (Å²) in [5, 5.41) is 21.7. The molecule has 0 bridgehead atoms. The number of hydrogen-bond donors (Lipinski definition) is 3. The number of thioether (sulfide) groups is 1. The van der Waals surface area contributed by atoms with Gasteiger partial charge in [-0.3, -0.25) is 19.7 Å². The Morgan fingerprint density at radius 1 is 1.45 bits per heavy atom. The third-order valence-corrected chi connectivity index (χ3v) is 3.28. The maximum absolute atomic E-state index is 11.6. The smallest absolute Gasteiger partial charge is 0.321 e. The molecular formula is C11H13N3O5S. The minimum absolute atomic E-state index is 0.0347. The molecule has 4 N–H and O–H groups in total. The third-order valence-electron chi connectivity index (χ3n) is 2.22. The molecule has 0 radical (unpaired) electrons. The van der Waals surface area contributed by atoms with Crippen molar-refractivity contribution in [1.29, 1.82) is 0 Å². The van der Waals surface area contributed by atoms with Gasteiger partial charge in [0, 0.05) is 11.8 Å². The lowest BCUT2D eigenvalue weighted by molar-refractivity contribution is -0.383. The van der Waals surface area contributed by atoms with Crippen LogP contribution in [0.4, 0.5) is 11.4 Å². The molecule has 0 saturated carbocycles. The van der Waals surface area contributed by atoms with E-state index in [2.05, 4.69) is 5.32 Å². The summed E-state index contributed by atoms with van der Waals surface area (Å²) < 4.78 is 0. The molecule has 0 aliphatic heterocycles. The molecule has 0 aliphatic rings. The summed E-state index contributed by atoms with van der Waals surface area (Å²) in [7, 11) is 0. The number of nitrogens with one attached hydrogen (secondary N) is 1. The van der Waals surface area contributed by atoms with Gasteiger partial charge in [-0.1, -0.05) is 12.1 Å². The minimum atomic E-state index is -1.14. The van der Waals surface area contributed by atoms with Crippen LogP contribution in [0.5, 0.6) is 0 Å². The molecule has 0 saturated heterocycles.